The summed E-state index contributed by atoms with van der Waals surface area (Å²) in [5, 5.41) is 2.68. The average molecular weight is 365 g/mol. The van der Waals surface area contributed by atoms with E-state index < -0.39 is 5.82 Å². The topological polar surface area (TPSA) is 26.3 Å². The number of hydrogen-bond donors (Lipinski definition) is 0. The molecular formula is C16H10BrFO2S. The van der Waals surface area contributed by atoms with Gasteiger partial charge in [0.15, 0.2) is 17.3 Å². The van der Waals surface area contributed by atoms with Crippen molar-refractivity contribution in [2.45, 2.75) is 0 Å². The van der Waals surface area contributed by atoms with Crippen molar-refractivity contribution in [1.29, 1.82) is 0 Å². The molecule has 0 aliphatic rings. The van der Waals surface area contributed by atoms with Gasteiger partial charge in [-0.1, -0.05) is 12.1 Å². The van der Waals surface area contributed by atoms with Gasteiger partial charge in [0, 0.05) is 31.1 Å². The summed E-state index contributed by atoms with van der Waals surface area (Å²) in [5.74, 6) is -0.602. The Hall–Kier alpha value is -1.72. The van der Waals surface area contributed by atoms with Gasteiger partial charge in [0.1, 0.15) is 0 Å². The lowest BCUT2D eigenvalue weighted by molar-refractivity contribution is 0.104. The number of ketones is 1. The minimum absolute atomic E-state index is 0.129. The van der Waals surface area contributed by atoms with E-state index in [4.69, 9.17) is 4.74 Å². The molecule has 3 rings (SSSR count). The van der Waals surface area contributed by atoms with E-state index in [2.05, 4.69) is 15.9 Å². The fraction of sp³-hybridized carbons (Fsp3) is 0.0625. The van der Waals surface area contributed by atoms with Gasteiger partial charge in [0.05, 0.1) is 7.11 Å². The van der Waals surface area contributed by atoms with E-state index in [1.54, 1.807) is 11.4 Å². The number of carbonyl (C=O) groups is 1. The largest absolute Gasteiger partial charge is 0.494 e. The third-order valence-electron chi connectivity index (χ3n) is 3.21. The molecule has 0 spiro atoms. The Bertz CT molecular complexity index is 841. The van der Waals surface area contributed by atoms with Gasteiger partial charge in [-0.25, -0.2) is 4.39 Å². The fourth-order valence-corrected chi connectivity index (χ4v) is 3.76. The molecule has 2 nitrogen and oxygen atoms in total. The van der Waals surface area contributed by atoms with Crippen LogP contribution in [0.5, 0.6) is 5.75 Å². The average Bonchev–Trinajstić information content (AvgIpc) is 2.92. The highest BCUT2D eigenvalue weighted by atomic mass is 79.9. The molecule has 0 N–H and O–H groups in total. The second-order valence-corrected chi connectivity index (χ2v) is 6.18. The van der Waals surface area contributed by atoms with Crippen LogP contribution in [0.2, 0.25) is 0 Å². The number of carbonyl (C=O) groups excluding carboxylic acids is 1. The van der Waals surface area contributed by atoms with Crippen LogP contribution in [0.15, 0.2) is 46.3 Å². The van der Waals surface area contributed by atoms with E-state index in [0.29, 0.717) is 11.1 Å². The Kier molecular flexibility index (Phi) is 3.78. The lowest BCUT2D eigenvalue weighted by Gasteiger charge is -2.04. The smallest absolute Gasteiger partial charge is 0.194 e. The van der Waals surface area contributed by atoms with Gasteiger partial charge in [-0.3, -0.25) is 4.79 Å². The number of hydrogen-bond acceptors (Lipinski definition) is 3. The van der Waals surface area contributed by atoms with E-state index in [1.807, 2.05) is 18.2 Å². The van der Waals surface area contributed by atoms with Crippen molar-refractivity contribution in [3.05, 3.63) is 63.2 Å². The molecule has 0 amide bonds. The SMILES string of the molecule is COc1ccc(C(=O)c2csc3c(Br)cccc23)cc1F. The monoisotopic (exact) mass is 364 g/mol. The first-order valence-electron chi connectivity index (χ1n) is 6.16. The van der Waals surface area contributed by atoms with E-state index in [1.165, 1.54) is 30.6 Å². The number of rotatable bonds is 3. The van der Waals surface area contributed by atoms with Crippen LogP contribution in [0.3, 0.4) is 0 Å². The van der Waals surface area contributed by atoms with Gasteiger partial charge >= 0.3 is 0 Å². The van der Waals surface area contributed by atoms with Crippen molar-refractivity contribution in [3.8, 4) is 5.75 Å². The minimum atomic E-state index is -0.538. The summed E-state index contributed by atoms with van der Waals surface area (Å²) in [5.41, 5.74) is 0.897. The quantitative estimate of drug-likeness (QED) is 0.608. The molecule has 0 fully saturated rings. The number of methoxy groups -OCH3 is 1. The third kappa shape index (κ3) is 2.47. The van der Waals surface area contributed by atoms with Crippen LogP contribution in [-0.2, 0) is 0 Å². The van der Waals surface area contributed by atoms with Crippen LogP contribution < -0.4 is 4.74 Å². The van der Waals surface area contributed by atoms with E-state index in [-0.39, 0.29) is 11.5 Å². The zero-order valence-corrected chi connectivity index (χ0v) is 13.4. The molecule has 1 heterocycles. The molecule has 1 aromatic heterocycles. The predicted octanol–water partition coefficient (Wildman–Crippen LogP) is 5.04. The summed E-state index contributed by atoms with van der Waals surface area (Å²) in [7, 11) is 1.39. The molecule has 0 bridgehead atoms. The van der Waals surface area contributed by atoms with Gasteiger partial charge in [0.2, 0.25) is 0 Å². The standard InChI is InChI=1S/C16H10BrFO2S/c1-20-14-6-5-9(7-13(14)18)15(19)11-8-21-16-10(11)3-2-4-12(16)17/h2-8H,1H3. The first kappa shape index (κ1) is 14.2. The first-order valence-corrected chi connectivity index (χ1v) is 7.83. The summed E-state index contributed by atoms with van der Waals surface area (Å²) >= 11 is 4.96. The van der Waals surface area contributed by atoms with E-state index in [0.717, 1.165) is 14.6 Å². The van der Waals surface area contributed by atoms with Crippen molar-refractivity contribution < 1.29 is 13.9 Å². The van der Waals surface area contributed by atoms with Gasteiger partial charge in [0.25, 0.3) is 0 Å². The summed E-state index contributed by atoms with van der Waals surface area (Å²) in [4.78, 5) is 12.6. The molecule has 0 atom stereocenters. The molecule has 3 aromatic rings. The molecule has 5 heteroatoms. The van der Waals surface area contributed by atoms with Crippen LogP contribution in [0, 0.1) is 5.82 Å². The molecule has 0 radical (unpaired) electrons. The van der Waals surface area contributed by atoms with E-state index in [9.17, 15) is 9.18 Å². The van der Waals surface area contributed by atoms with Gasteiger partial charge in [-0.15, -0.1) is 11.3 Å². The number of thiophene rings is 1. The van der Waals surface area contributed by atoms with Gasteiger partial charge in [-0.05, 0) is 40.2 Å². The third-order valence-corrected chi connectivity index (χ3v) is 5.16. The van der Waals surface area contributed by atoms with Gasteiger partial charge < -0.3 is 4.74 Å². The summed E-state index contributed by atoms with van der Waals surface area (Å²) < 4.78 is 20.6. The van der Waals surface area contributed by atoms with E-state index >= 15 is 0 Å². The Labute approximate surface area is 133 Å². The maximum absolute atomic E-state index is 13.7. The molecule has 0 saturated heterocycles. The van der Waals surface area contributed by atoms with Crippen LogP contribution >= 0.6 is 27.3 Å². The van der Waals surface area contributed by atoms with Crippen LogP contribution in [0.25, 0.3) is 10.1 Å². The number of ether oxygens (including phenoxy) is 1. The summed E-state index contributed by atoms with van der Waals surface area (Å²) in [6.45, 7) is 0. The summed E-state index contributed by atoms with van der Waals surface area (Å²) in [6, 6.07) is 9.95. The van der Waals surface area contributed by atoms with Crippen molar-refractivity contribution in [1.82, 2.24) is 0 Å². The molecular weight excluding hydrogens is 355 g/mol. The highest BCUT2D eigenvalue weighted by molar-refractivity contribution is 9.10. The molecule has 0 aliphatic carbocycles. The summed E-state index contributed by atoms with van der Waals surface area (Å²) in [6.07, 6.45) is 0. The highest BCUT2D eigenvalue weighted by Gasteiger charge is 2.17. The van der Waals surface area contributed by atoms with Crippen molar-refractivity contribution in [2.24, 2.45) is 0 Å². The molecule has 21 heavy (non-hydrogen) atoms. The maximum Gasteiger partial charge on any atom is 0.194 e. The Morgan fingerprint density at radius 2 is 2.10 bits per heavy atom. The molecule has 0 saturated carbocycles. The number of benzene rings is 2. The van der Waals surface area contributed by atoms with Crippen molar-refractivity contribution >= 4 is 43.1 Å². The molecule has 0 aliphatic heterocycles. The van der Waals surface area contributed by atoms with Crippen LogP contribution in [0.1, 0.15) is 15.9 Å². The van der Waals surface area contributed by atoms with Crippen LogP contribution in [-0.4, -0.2) is 12.9 Å². The predicted molar refractivity (Wildman–Crippen MR) is 85.9 cm³/mol. The number of halogens is 2. The lowest BCUT2D eigenvalue weighted by atomic mass is 10.0. The first-order chi connectivity index (χ1) is 10.1. The Morgan fingerprint density at radius 3 is 2.81 bits per heavy atom. The fourth-order valence-electron chi connectivity index (χ4n) is 2.16. The number of fused-ring (bicyclic) bond motifs is 1. The maximum atomic E-state index is 13.7. The van der Waals surface area contributed by atoms with Crippen LogP contribution in [0.4, 0.5) is 4.39 Å². The van der Waals surface area contributed by atoms with Crippen molar-refractivity contribution in [2.75, 3.05) is 7.11 Å². The molecule has 2 aromatic carbocycles. The van der Waals surface area contributed by atoms with Crippen molar-refractivity contribution in [3.63, 3.8) is 0 Å². The zero-order chi connectivity index (χ0) is 15.0. The van der Waals surface area contributed by atoms with Gasteiger partial charge in [-0.2, -0.15) is 0 Å². The second-order valence-electron chi connectivity index (χ2n) is 4.44. The Balaban J connectivity index is 2.08. The zero-order valence-electron chi connectivity index (χ0n) is 11.0. The molecule has 0 unspecified atom stereocenters. The Morgan fingerprint density at radius 1 is 1.29 bits per heavy atom. The minimum Gasteiger partial charge on any atom is -0.494 e. The molecule has 106 valence electrons. The second kappa shape index (κ2) is 5.58. The highest BCUT2D eigenvalue weighted by Crippen LogP contribution is 2.33. The normalized spacial score (nSPS) is 10.8. The lowest BCUT2D eigenvalue weighted by Crippen LogP contribution is -2.01.